The second kappa shape index (κ2) is 9.92. The number of methoxy groups -OCH3 is 1. The van der Waals surface area contributed by atoms with E-state index in [1.807, 2.05) is 29.8 Å². The van der Waals surface area contributed by atoms with Crippen molar-refractivity contribution in [1.29, 1.82) is 0 Å². The number of carbonyl (C=O) groups excluding carboxylic acids is 1. The second-order valence-electron chi connectivity index (χ2n) is 7.20. The maximum Gasteiger partial charge on any atom is 0.308 e. The molecule has 2 rings (SSSR count). The molecular formula is C21H29N3O4. The van der Waals surface area contributed by atoms with Crippen molar-refractivity contribution in [1.82, 2.24) is 15.1 Å². The Bertz CT molecular complexity index is 814. The molecule has 2 aromatic rings. The number of nitrogens with one attached hydrogen (secondary N) is 1. The Morgan fingerprint density at radius 1 is 1.29 bits per heavy atom. The first kappa shape index (κ1) is 21.5. The van der Waals surface area contributed by atoms with Gasteiger partial charge in [-0.25, -0.2) is 0 Å². The Labute approximate surface area is 165 Å². The number of ether oxygens (including phenoxy) is 1. The summed E-state index contributed by atoms with van der Waals surface area (Å²) >= 11 is 0. The van der Waals surface area contributed by atoms with Crippen LogP contribution in [0.4, 0.5) is 0 Å². The highest BCUT2D eigenvalue weighted by molar-refractivity contribution is 5.95. The third-order valence-electron chi connectivity index (χ3n) is 4.58. The third kappa shape index (κ3) is 5.34. The molecule has 1 amide bonds. The molecule has 0 radical (unpaired) electrons. The zero-order chi connectivity index (χ0) is 20.7. The van der Waals surface area contributed by atoms with Gasteiger partial charge in [-0.3, -0.25) is 14.3 Å². The predicted octanol–water partition coefficient (Wildman–Crippen LogP) is 2.78. The van der Waals surface area contributed by atoms with E-state index in [1.165, 1.54) is 0 Å². The molecule has 7 nitrogen and oxygen atoms in total. The molecule has 2 N–H and O–H groups in total. The van der Waals surface area contributed by atoms with E-state index in [-0.39, 0.29) is 18.9 Å². The number of hydrogen-bond donors (Lipinski definition) is 2. The topological polar surface area (TPSA) is 93.4 Å². The van der Waals surface area contributed by atoms with Crippen molar-refractivity contribution in [2.24, 2.45) is 11.8 Å². The fourth-order valence-corrected chi connectivity index (χ4v) is 3.17. The van der Waals surface area contributed by atoms with E-state index in [0.717, 1.165) is 17.8 Å². The van der Waals surface area contributed by atoms with E-state index in [4.69, 9.17) is 4.74 Å². The predicted molar refractivity (Wildman–Crippen MR) is 107 cm³/mol. The molecule has 0 saturated carbocycles. The summed E-state index contributed by atoms with van der Waals surface area (Å²) in [6.45, 7) is 6.94. The molecule has 0 spiro atoms. The van der Waals surface area contributed by atoms with E-state index in [0.29, 0.717) is 23.7 Å². The zero-order valence-corrected chi connectivity index (χ0v) is 16.9. The van der Waals surface area contributed by atoms with Crippen molar-refractivity contribution in [2.45, 2.75) is 40.2 Å². The first-order valence-corrected chi connectivity index (χ1v) is 9.54. The van der Waals surface area contributed by atoms with Gasteiger partial charge in [-0.05, 0) is 30.4 Å². The van der Waals surface area contributed by atoms with Gasteiger partial charge in [0.15, 0.2) is 0 Å². The maximum atomic E-state index is 12.6. The van der Waals surface area contributed by atoms with Crippen LogP contribution in [0.2, 0.25) is 0 Å². The lowest BCUT2D eigenvalue weighted by atomic mass is 9.98. The monoisotopic (exact) mass is 387 g/mol. The van der Waals surface area contributed by atoms with Crippen molar-refractivity contribution >= 4 is 11.9 Å². The molecule has 0 aliphatic heterocycles. The molecule has 0 aliphatic rings. The van der Waals surface area contributed by atoms with E-state index in [9.17, 15) is 14.7 Å². The summed E-state index contributed by atoms with van der Waals surface area (Å²) in [7, 11) is 1.55. The minimum Gasteiger partial charge on any atom is -0.496 e. The summed E-state index contributed by atoms with van der Waals surface area (Å²) in [5.41, 5.74) is 2.16. The van der Waals surface area contributed by atoms with Crippen LogP contribution in [0.3, 0.4) is 0 Å². The van der Waals surface area contributed by atoms with Crippen LogP contribution >= 0.6 is 0 Å². The number of rotatable bonds is 10. The molecule has 1 unspecified atom stereocenters. The van der Waals surface area contributed by atoms with Crippen LogP contribution in [-0.4, -0.2) is 40.4 Å². The molecule has 1 atom stereocenters. The van der Waals surface area contributed by atoms with E-state index in [1.54, 1.807) is 19.4 Å². The number of amides is 1. The minimum absolute atomic E-state index is 0.0325. The lowest BCUT2D eigenvalue weighted by Gasteiger charge is -2.16. The molecule has 7 heteroatoms. The molecule has 1 heterocycles. The average Bonchev–Trinajstić information content (AvgIpc) is 3.06. The molecule has 0 bridgehead atoms. The van der Waals surface area contributed by atoms with Gasteiger partial charge in [-0.15, -0.1) is 0 Å². The van der Waals surface area contributed by atoms with Crippen molar-refractivity contribution in [3.63, 3.8) is 0 Å². The van der Waals surface area contributed by atoms with Crippen molar-refractivity contribution in [3.05, 3.63) is 47.3 Å². The van der Waals surface area contributed by atoms with Gasteiger partial charge in [-0.2, -0.15) is 5.10 Å². The highest BCUT2D eigenvalue weighted by Gasteiger charge is 2.23. The van der Waals surface area contributed by atoms with E-state index >= 15 is 0 Å². The summed E-state index contributed by atoms with van der Waals surface area (Å²) in [6.07, 6.45) is 2.51. The summed E-state index contributed by atoms with van der Waals surface area (Å²) in [6, 6.07) is 7.30. The van der Waals surface area contributed by atoms with Crippen LogP contribution in [-0.2, 0) is 24.2 Å². The quantitative estimate of drug-likeness (QED) is 0.654. The molecule has 0 saturated heterocycles. The smallest absolute Gasteiger partial charge is 0.308 e. The van der Waals surface area contributed by atoms with Crippen molar-refractivity contribution in [2.75, 3.05) is 13.7 Å². The number of carboxylic acids is 1. The maximum absolute atomic E-state index is 12.6. The summed E-state index contributed by atoms with van der Waals surface area (Å²) < 4.78 is 7.14. The number of carbonyl (C=O) groups is 2. The number of hydrogen-bond acceptors (Lipinski definition) is 4. The lowest BCUT2D eigenvalue weighted by molar-refractivity contribution is -0.141. The molecular weight excluding hydrogens is 358 g/mol. The second-order valence-corrected chi connectivity index (χ2v) is 7.20. The Kier molecular flexibility index (Phi) is 7.61. The SMILES string of the molecule is CCc1c(C(=O)NCC(Cc2ccccc2OC)C(=O)O)cnn1CC(C)C. The first-order valence-electron chi connectivity index (χ1n) is 9.54. The summed E-state index contributed by atoms with van der Waals surface area (Å²) in [4.78, 5) is 24.3. The normalized spacial score (nSPS) is 12.0. The number of para-hydroxylation sites is 1. The van der Waals surface area contributed by atoms with Gasteiger partial charge in [0.1, 0.15) is 5.75 Å². The summed E-state index contributed by atoms with van der Waals surface area (Å²) in [5.74, 6) is -0.951. The summed E-state index contributed by atoms with van der Waals surface area (Å²) in [5, 5.41) is 16.7. The molecule has 152 valence electrons. The van der Waals surface area contributed by atoms with E-state index in [2.05, 4.69) is 24.3 Å². The van der Waals surface area contributed by atoms with Gasteiger partial charge in [-0.1, -0.05) is 39.0 Å². The highest BCUT2D eigenvalue weighted by atomic mass is 16.5. The standard InChI is InChI=1S/C21H29N3O4/c1-5-18-17(12-23-24(18)13-14(2)3)20(25)22-11-16(21(26)27)10-15-8-6-7-9-19(15)28-4/h6-9,12,14,16H,5,10-11,13H2,1-4H3,(H,22,25)(H,26,27). The van der Waals surface area contributed by atoms with Crippen LogP contribution in [0.15, 0.2) is 30.5 Å². The first-order chi connectivity index (χ1) is 13.4. The minimum atomic E-state index is -0.961. The molecule has 1 aromatic heterocycles. The van der Waals surface area contributed by atoms with Crippen LogP contribution in [0.1, 0.15) is 42.4 Å². The van der Waals surface area contributed by atoms with E-state index < -0.39 is 11.9 Å². The van der Waals surface area contributed by atoms with Gasteiger partial charge in [0, 0.05) is 13.1 Å². The van der Waals surface area contributed by atoms with Crippen LogP contribution in [0.5, 0.6) is 5.75 Å². The average molecular weight is 387 g/mol. The van der Waals surface area contributed by atoms with Gasteiger partial charge in [0.2, 0.25) is 0 Å². The van der Waals surface area contributed by atoms with Crippen molar-refractivity contribution < 1.29 is 19.4 Å². The Morgan fingerprint density at radius 3 is 2.61 bits per heavy atom. The largest absolute Gasteiger partial charge is 0.496 e. The van der Waals surface area contributed by atoms with Gasteiger partial charge >= 0.3 is 5.97 Å². The number of aromatic nitrogens is 2. The number of carboxylic acid groups (broad SMARTS) is 1. The highest BCUT2D eigenvalue weighted by Crippen LogP contribution is 2.21. The molecule has 28 heavy (non-hydrogen) atoms. The van der Waals surface area contributed by atoms with Gasteiger partial charge < -0.3 is 15.2 Å². The zero-order valence-electron chi connectivity index (χ0n) is 16.9. The fraction of sp³-hybridized carbons (Fsp3) is 0.476. The lowest BCUT2D eigenvalue weighted by Crippen LogP contribution is -2.34. The number of aliphatic carboxylic acids is 1. The Hall–Kier alpha value is -2.83. The fourth-order valence-electron chi connectivity index (χ4n) is 3.17. The number of benzene rings is 1. The molecule has 1 aromatic carbocycles. The molecule has 0 fully saturated rings. The van der Waals surface area contributed by atoms with Crippen LogP contribution in [0.25, 0.3) is 0 Å². The van der Waals surface area contributed by atoms with Gasteiger partial charge in [0.05, 0.1) is 30.5 Å². The third-order valence-corrected chi connectivity index (χ3v) is 4.58. The van der Waals surface area contributed by atoms with Crippen molar-refractivity contribution in [3.8, 4) is 5.75 Å². The Morgan fingerprint density at radius 2 is 2.00 bits per heavy atom. The molecule has 0 aliphatic carbocycles. The van der Waals surface area contributed by atoms with Crippen LogP contribution < -0.4 is 10.1 Å². The Balaban J connectivity index is 2.08. The van der Waals surface area contributed by atoms with Gasteiger partial charge in [0.25, 0.3) is 5.91 Å². The van der Waals surface area contributed by atoms with Crippen LogP contribution in [0, 0.1) is 11.8 Å². The number of nitrogens with zero attached hydrogens (tertiary/aromatic N) is 2.